The van der Waals surface area contributed by atoms with Crippen LogP contribution in [0.3, 0.4) is 0 Å². The molecule has 0 amide bonds. The Balaban J connectivity index is 0.00000324. The summed E-state index contributed by atoms with van der Waals surface area (Å²) < 4.78 is 5.50. The Morgan fingerprint density at radius 3 is 2.63 bits per heavy atom. The van der Waals surface area contributed by atoms with Crippen molar-refractivity contribution in [3.05, 3.63) is 0 Å². The van der Waals surface area contributed by atoms with E-state index in [1.807, 2.05) is 0 Å². The summed E-state index contributed by atoms with van der Waals surface area (Å²) in [6, 6.07) is 0.541. The molecule has 0 aromatic heterocycles. The minimum atomic E-state index is 0. The molecule has 3 N–H and O–H groups in total. The van der Waals surface area contributed by atoms with Gasteiger partial charge in [-0.15, -0.1) is 24.0 Å². The highest BCUT2D eigenvalue weighted by atomic mass is 127. The number of rotatable bonds is 7. The Morgan fingerprint density at radius 2 is 2.00 bits per heavy atom. The molecule has 0 radical (unpaired) electrons. The Labute approximate surface area is 135 Å². The van der Waals surface area contributed by atoms with E-state index in [2.05, 4.69) is 24.2 Å². The molecule has 0 unspecified atom stereocenters. The fourth-order valence-electron chi connectivity index (χ4n) is 2.19. The molecule has 5 heteroatoms. The molecule has 0 aromatic carbocycles. The number of halogens is 1. The van der Waals surface area contributed by atoms with Gasteiger partial charge in [0.2, 0.25) is 0 Å². The molecule has 1 aliphatic rings. The van der Waals surface area contributed by atoms with Gasteiger partial charge in [-0.1, -0.05) is 33.1 Å². The topological polar surface area (TPSA) is 59.6 Å². The van der Waals surface area contributed by atoms with Crippen LogP contribution >= 0.6 is 24.0 Å². The van der Waals surface area contributed by atoms with E-state index in [-0.39, 0.29) is 24.0 Å². The first kappa shape index (κ1) is 19.0. The van der Waals surface area contributed by atoms with Crippen LogP contribution in [0.15, 0.2) is 4.99 Å². The summed E-state index contributed by atoms with van der Waals surface area (Å²) >= 11 is 0. The van der Waals surface area contributed by atoms with Crippen molar-refractivity contribution in [2.75, 3.05) is 19.8 Å². The lowest BCUT2D eigenvalue weighted by Crippen LogP contribution is -2.41. The van der Waals surface area contributed by atoms with Crippen LogP contribution < -0.4 is 11.1 Å². The van der Waals surface area contributed by atoms with Crippen molar-refractivity contribution in [2.24, 2.45) is 16.6 Å². The summed E-state index contributed by atoms with van der Waals surface area (Å²) in [5.41, 5.74) is 5.87. The molecule has 0 aliphatic heterocycles. The Hall–Kier alpha value is -0.0400. The van der Waals surface area contributed by atoms with Crippen molar-refractivity contribution in [3.8, 4) is 0 Å². The lowest BCUT2D eigenvalue weighted by molar-refractivity contribution is 0.109. The molecule has 114 valence electrons. The number of ether oxygens (including phenoxy) is 1. The second kappa shape index (κ2) is 11.8. The van der Waals surface area contributed by atoms with Gasteiger partial charge in [-0.2, -0.15) is 0 Å². The smallest absolute Gasteiger partial charge is 0.188 e. The van der Waals surface area contributed by atoms with Gasteiger partial charge in [-0.25, -0.2) is 0 Å². The Bertz CT molecular complexity index is 241. The normalized spacial score (nSPS) is 17.3. The van der Waals surface area contributed by atoms with Crippen molar-refractivity contribution < 1.29 is 4.74 Å². The first-order chi connectivity index (χ1) is 8.68. The number of guanidine groups is 1. The third kappa shape index (κ3) is 10.4. The molecule has 1 saturated carbocycles. The highest BCUT2D eigenvalue weighted by molar-refractivity contribution is 14.0. The average molecular weight is 383 g/mol. The third-order valence-electron chi connectivity index (χ3n) is 3.14. The fourth-order valence-corrected chi connectivity index (χ4v) is 2.19. The summed E-state index contributed by atoms with van der Waals surface area (Å²) in [7, 11) is 0. The minimum absolute atomic E-state index is 0. The molecule has 19 heavy (non-hydrogen) atoms. The maximum absolute atomic E-state index is 5.87. The van der Waals surface area contributed by atoms with E-state index < -0.39 is 0 Å². The zero-order valence-electron chi connectivity index (χ0n) is 12.4. The largest absolute Gasteiger partial charge is 0.381 e. The number of hydrogen-bond acceptors (Lipinski definition) is 2. The van der Waals surface area contributed by atoms with Crippen LogP contribution in [-0.4, -0.2) is 31.8 Å². The van der Waals surface area contributed by atoms with Gasteiger partial charge in [0, 0.05) is 25.8 Å². The van der Waals surface area contributed by atoms with Crippen LogP contribution in [0.2, 0.25) is 0 Å². The minimum Gasteiger partial charge on any atom is -0.381 e. The van der Waals surface area contributed by atoms with Crippen molar-refractivity contribution in [1.82, 2.24) is 5.32 Å². The standard InChI is InChI=1S/C14H29N3O.HI/c1-12(2)11-18-10-6-9-16-14(15)17-13-7-4-3-5-8-13;/h12-13H,3-11H2,1-2H3,(H3,15,16,17);1H. The lowest BCUT2D eigenvalue weighted by atomic mass is 9.96. The number of aliphatic imine (C=N–C) groups is 1. The van der Waals surface area contributed by atoms with Gasteiger partial charge in [0.15, 0.2) is 5.96 Å². The van der Waals surface area contributed by atoms with Crippen LogP contribution in [0.25, 0.3) is 0 Å². The van der Waals surface area contributed by atoms with Crippen LogP contribution in [0.4, 0.5) is 0 Å². The number of nitrogens with zero attached hydrogens (tertiary/aromatic N) is 1. The summed E-state index contributed by atoms with van der Waals surface area (Å²) in [6.07, 6.45) is 7.39. The van der Waals surface area contributed by atoms with Crippen LogP contribution in [0.5, 0.6) is 0 Å². The zero-order valence-corrected chi connectivity index (χ0v) is 14.7. The highest BCUT2D eigenvalue weighted by Gasteiger charge is 2.12. The molecule has 0 heterocycles. The number of nitrogens with one attached hydrogen (secondary N) is 1. The molecule has 4 nitrogen and oxygen atoms in total. The van der Waals surface area contributed by atoms with Crippen LogP contribution in [-0.2, 0) is 4.74 Å². The van der Waals surface area contributed by atoms with Crippen LogP contribution in [0, 0.1) is 5.92 Å². The van der Waals surface area contributed by atoms with Crippen molar-refractivity contribution in [1.29, 1.82) is 0 Å². The molecule has 0 saturated heterocycles. The van der Waals surface area contributed by atoms with Gasteiger partial charge < -0.3 is 15.8 Å². The van der Waals surface area contributed by atoms with Crippen molar-refractivity contribution in [3.63, 3.8) is 0 Å². The molecular formula is C14H30IN3O. The van der Waals surface area contributed by atoms with Gasteiger partial charge in [0.25, 0.3) is 0 Å². The highest BCUT2D eigenvalue weighted by Crippen LogP contribution is 2.16. The molecule has 0 atom stereocenters. The zero-order chi connectivity index (χ0) is 13.2. The van der Waals surface area contributed by atoms with E-state index in [4.69, 9.17) is 10.5 Å². The van der Waals surface area contributed by atoms with Gasteiger partial charge in [-0.3, -0.25) is 4.99 Å². The third-order valence-corrected chi connectivity index (χ3v) is 3.14. The van der Waals surface area contributed by atoms with Crippen molar-refractivity contribution in [2.45, 2.75) is 58.4 Å². The Morgan fingerprint density at radius 1 is 1.32 bits per heavy atom. The number of nitrogens with two attached hydrogens (primary N) is 1. The maximum Gasteiger partial charge on any atom is 0.188 e. The van der Waals surface area contributed by atoms with Gasteiger partial charge in [-0.05, 0) is 25.2 Å². The summed E-state index contributed by atoms with van der Waals surface area (Å²) in [5.74, 6) is 1.21. The summed E-state index contributed by atoms with van der Waals surface area (Å²) in [5, 5.41) is 3.31. The molecule has 0 bridgehead atoms. The van der Waals surface area contributed by atoms with E-state index in [9.17, 15) is 0 Å². The van der Waals surface area contributed by atoms with Gasteiger partial charge >= 0.3 is 0 Å². The summed E-state index contributed by atoms with van der Waals surface area (Å²) in [4.78, 5) is 4.34. The lowest BCUT2D eigenvalue weighted by Gasteiger charge is -2.23. The number of hydrogen-bond donors (Lipinski definition) is 2. The first-order valence-electron chi connectivity index (χ1n) is 7.32. The summed E-state index contributed by atoms with van der Waals surface area (Å²) in [6.45, 7) is 6.68. The monoisotopic (exact) mass is 383 g/mol. The van der Waals surface area contributed by atoms with Crippen LogP contribution in [0.1, 0.15) is 52.4 Å². The van der Waals surface area contributed by atoms with E-state index in [0.717, 1.165) is 26.2 Å². The Kier molecular flexibility index (Phi) is 11.7. The average Bonchev–Trinajstić information content (AvgIpc) is 2.34. The van der Waals surface area contributed by atoms with Gasteiger partial charge in [0.1, 0.15) is 0 Å². The first-order valence-corrected chi connectivity index (χ1v) is 7.32. The van der Waals surface area contributed by atoms with Gasteiger partial charge in [0.05, 0.1) is 0 Å². The van der Waals surface area contributed by atoms with Crippen molar-refractivity contribution >= 4 is 29.9 Å². The second-order valence-corrected chi connectivity index (χ2v) is 5.57. The molecule has 1 aliphatic carbocycles. The molecule has 1 rings (SSSR count). The molecule has 0 spiro atoms. The predicted octanol–water partition coefficient (Wildman–Crippen LogP) is 2.90. The quantitative estimate of drug-likeness (QED) is 0.308. The van der Waals surface area contributed by atoms with E-state index in [0.29, 0.717) is 17.9 Å². The SMILES string of the molecule is CC(C)COCCCN=C(N)NC1CCCCC1.I. The van der Waals surface area contributed by atoms with E-state index in [1.165, 1.54) is 32.1 Å². The second-order valence-electron chi connectivity index (χ2n) is 5.57. The maximum atomic E-state index is 5.87. The molecular weight excluding hydrogens is 353 g/mol. The molecule has 1 fully saturated rings. The van der Waals surface area contributed by atoms with E-state index >= 15 is 0 Å². The predicted molar refractivity (Wildman–Crippen MR) is 92.2 cm³/mol. The fraction of sp³-hybridized carbons (Fsp3) is 0.929. The van der Waals surface area contributed by atoms with E-state index in [1.54, 1.807) is 0 Å². The molecule has 0 aromatic rings.